The number of fused-ring (bicyclic) bond motifs is 3. The summed E-state index contributed by atoms with van der Waals surface area (Å²) in [6.45, 7) is 0.427. The number of anilines is 1. The number of thiazole rings is 1. The van der Waals surface area contributed by atoms with Crippen LogP contribution in [0.4, 0.5) is 5.13 Å². The summed E-state index contributed by atoms with van der Waals surface area (Å²) in [4.78, 5) is 38.2. The van der Waals surface area contributed by atoms with Gasteiger partial charge in [0.05, 0.1) is 28.4 Å². The van der Waals surface area contributed by atoms with E-state index >= 15 is 0 Å². The average Bonchev–Trinajstić information content (AvgIpc) is 3.42. The standard InChI is InChI=1S/C26H24N4O3S/c1-33-16-11-12-20-21(13-16)34-26(28-20)29-24(31)22-17-9-5-6-10-19(17)27-23-18(22)14-30(25(23)32)15-7-3-2-4-8-15/h5-6,9-13,15H,2-4,7-8,14H2,1H3,(H,28,29,31). The first-order valence-electron chi connectivity index (χ1n) is 11.6. The third-order valence-electron chi connectivity index (χ3n) is 6.84. The van der Waals surface area contributed by atoms with E-state index < -0.39 is 0 Å². The smallest absolute Gasteiger partial charge is 0.273 e. The number of rotatable bonds is 4. The first-order valence-corrected chi connectivity index (χ1v) is 12.4. The van der Waals surface area contributed by atoms with E-state index in [0.29, 0.717) is 28.5 Å². The van der Waals surface area contributed by atoms with Gasteiger partial charge in [-0.3, -0.25) is 14.9 Å². The number of ether oxygens (including phenoxy) is 1. The molecule has 6 rings (SSSR count). The van der Waals surface area contributed by atoms with Crippen molar-refractivity contribution in [3.05, 3.63) is 59.3 Å². The number of methoxy groups -OCH3 is 1. The molecule has 34 heavy (non-hydrogen) atoms. The summed E-state index contributed by atoms with van der Waals surface area (Å²) in [5.41, 5.74) is 3.09. The van der Waals surface area contributed by atoms with Gasteiger partial charge in [-0.15, -0.1) is 0 Å². The minimum absolute atomic E-state index is 0.0613. The molecule has 0 bridgehead atoms. The van der Waals surface area contributed by atoms with Crippen molar-refractivity contribution >= 4 is 49.4 Å². The number of hydrogen-bond donors (Lipinski definition) is 1. The van der Waals surface area contributed by atoms with Crippen molar-refractivity contribution in [1.29, 1.82) is 0 Å². The van der Waals surface area contributed by atoms with Gasteiger partial charge in [-0.25, -0.2) is 9.97 Å². The number of nitrogens with zero attached hydrogens (tertiary/aromatic N) is 3. The molecule has 1 aliphatic carbocycles. The van der Waals surface area contributed by atoms with Gasteiger partial charge in [-0.2, -0.15) is 0 Å². The minimum Gasteiger partial charge on any atom is -0.497 e. The predicted octanol–water partition coefficient (Wildman–Crippen LogP) is 5.39. The van der Waals surface area contributed by atoms with Gasteiger partial charge in [-0.1, -0.05) is 48.8 Å². The number of para-hydroxylation sites is 1. The van der Waals surface area contributed by atoms with Crippen LogP contribution in [0.15, 0.2) is 42.5 Å². The van der Waals surface area contributed by atoms with Gasteiger partial charge in [0, 0.05) is 23.5 Å². The Kier molecular flexibility index (Phi) is 5.17. The van der Waals surface area contributed by atoms with Crippen molar-refractivity contribution < 1.29 is 14.3 Å². The van der Waals surface area contributed by atoms with Crippen molar-refractivity contribution in [2.45, 2.75) is 44.7 Å². The Morgan fingerprint density at radius 2 is 1.91 bits per heavy atom. The number of nitrogens with one attached hydrogen (secondary N) is 1. The van der Waals surface area contributed by atoms with Crippen molar-refractivity contribution in [2.24, 2.45) is 0 Å². The molecule has 0 unspecified atom stereocenters. The van der Waals surface area contributed by atoms with Gasteiger partial charge >= 0.3 is 0 Å². The van der Waals surface area contributed by atoms with Gasteiger partial charge in [0.2, 0.25) is 0 Å². The first-order chi connectivity index (χ1) is 16.6. The number of pyridine rings is 1. The maximum absolute atomic E-state index is 13.7. The molecule has 1 fully saturated rings. The lowest BCUT2D eigenvalue weighted by Crippen LogP contribution is -2.37. The van der Waals surface area contributed by atoms with Crippen molar-refractivity contribution in [1.82, 2.24) is 14.9 Å². The topological polar surface area (TPSA) is 84.4 Å². The molecule has 2 aliphatic rings. The molecule has 0 saturated heterocycles. The highest BCUT2D eigenvalue weighted by Gasteiger charge is 2.38. The molecule has 2 amide bonds. The van der Waals surface area contributed by atoms with E-state index in [1.165, 1.54) is 17.8 Å². The summed E-state index contributed by atoms with van der Waals surface area (Å²) >= 11 is 1.40. The lowest BCUT2D eigenvalue weighted by atomic mass is 9.94. The fourth-order valence-corrected chi connectivity index (χ4v) is 6.04. The van der Waals surface area contributed by atoms with Crippen LogP contribution in [0.25, 0.3) is 21.1 Å². The zero-order valence-electron chi connectivity index (χ0n) is 18.8. The molecule has 3 heterocycles. The van der Waals surface area contributed by atoms with Gasteiger partial charge in [0.25, 0.3) is 11.8 Å². The fourth-order valence-electron chi connectivity index (χ4n) is 5.15. The van der Waals surface area contributed by atoms with E-state index in [-0.39, 0.29) is 17.9 Å². The molecule has 2 aromatic heterocycles. The molecule has 8 heteroatoms. The largest absolute Gasteiger partial charge is 0.497 e. The summed E-state index contributed by atoms with van der Waals surface area (Å²) in [6, 6.07) is 13.4. The van der Waals surface area contributed by atoms with Crippen LogP contribution in [0.3, 0.4) is 0 Å². The maximum Gasteiger partial charge on any atom is 0.273 e. The van der Waals surface area contributed by atoms with Crippen LogP contribution < -0.4 is 10.1 Å². The molecule has 1 N–H and O–H groups in total. The zero-order valence-corrected chi connectivity index (χ0v) is 19.7. The van der Waals surface area contributed by atoms with E-state index in [1.807, 2.05) is 47.4 Å². The Bertz CT molecular complexity index is 1440. The van der Waals surface area contributed by atoms with Crippen LogP contribution >= 0.6 is 11.3 Å². The second kappa shape index (κ2) is 8.36. The highest BCUT2D eigenvalue weighted by Crippen LogP contribution is 2.36. The number of benzene rings is 2. The molecule has 172 valence electrons. The van der Waals surface area contributed by atoms with Crippen LogP contribution in [0.1, 0.15) is 58.5 Å². The minimum atomic E-state index is -0.265. The SMILES string of the molecule is COc1ccc2nc(NC(=O)c3c4c(nc5ccccc35)C(=O)N(C3CCCCC3)C4)sc2c1. The van der Waals surface area contributed by atoms with Crippen LogP contribution in [0.2, 0.25) is 0 Å². The van der Waals surface area contributed by atoms with Gasteiger partial charge < -0.3 is 9.64 Å². The number of hydrogen-bond acceptors (Lipinski definition) is 6. The van der Waals surface area contributed by atoms with Gasteiger partial charge in [-0.05, 0) is 37.1 Å². The van der Waals surface area contributed by atoms with Crippen LogP contribution in [0.5, 0.6) is 5.75 Å². The number of carbonyl (C=O) groups is 2. The Balaban J connectivity index is 1.40. The Hall–Kier alpha value is -3.52. The van der Waals surface area contributed by atoms with Gasteiger partial charge in [0.1, 0.15) is 11.4 Å². The number of aromatic nitrogens is 2. The molecule has 1 saturated carbocycles. The molecule has 1 aliphatic heterocycles. The lowest BCUT2D eigenvalue weighted by Gasteiger charge is -2.30. The molecular weight excluding hydrogens is 448 g/mol. The summed E-state index contributed by atoms with van der Waals surface area (Å²) in [5, 5.41) is 4.25. The second-order valence-corrected chi connectivity index (χ2v) is 9.89. The van der Waals surface area contributed by atoms with Crippen LogP contribution in [0, 0.1) is 0 Å². The van der Waals surface area contributed by atoms with Crippen molar-refractivity contribution in [2.75, 3.05) is 12.4 Å². The van der Waals surface area contributed by atoms with Gasteiger partial charge in [0.15, 0.2) is 5.13 Å². The molecule has 2 aromatic carbocycles. The Morgan fingerprint density at radius 3 is 2.74 bits per heavy atom. The molecule has 7 nitrogen and oxygen atoms in total. The van der Waals surface area contributed by atoms with Crippen molar-refractivity contribution in [3.8, 4) is 5.75 Å². The zero-order chi connectivity index (χ0) is 23.2. The van der Waals surface area contributed by atoms with E-state index in [1.54, 1.807) is 7.11 Å². The molecule has 0 spiro atoms. The molecule has 0 atom stereocenters. The van der Waals surface area contributed by atoms with Crippen LogP contribution in [-0.4, -0.2) is 39.8 Å². The highest BCUT2D eigenvalue weighted by molar-refractivity contribution is 7.22. The Labute approximate surface area is 200 Å². The third kappa shape index (κ3) is 3.49. The molecular formula is C26H24N4O3S. The fraction of sp³-hybridized carbons (Fsp3) is 0.308. The number of amides is 2. The van der Waals surface area contributed by atoms with E-state index in [2.05, 4.69) is 15.3 Å². The monoisotopic (exact) mass is 472 g/mol. The van der Waals surface area contributed by atoms with E-state index in [4.69, 9.17) is 4.74 Å². The lowest BCUT2D eigenvalue weighted by molar-refractivity contribution is 0.0655. The second-order valence-electron chi connectivity index (χ2n) is 8.86. The average molecular weight is 473 g/mol. The predicted molar refractivity (Wildman–Crippen MR) is 133 cm³/mol. The normalized spacial score (nSPS) is 16.3. The first kappa shape index (κ1) is 21.0. The summed E-state index contributed by atoms with van der Waals surface area (Å²) in [5.74, 6) is 0.418. The highest BCUT2D eigenvalue weighted by atomic mass is 32.1. The van der Waals surface area contributed by atoms with Crippen LogP contribution in [-0.2, 0) is 6.54 Å². The third-order valence-corrected chi connectivity index (χ3v) is 7.78. The quantitative estimate of drug-likeness (QED) is 0.430. The van der Waals surface area contributed by atoms with E-state index in [0.717, 1.165) is 52.6 Å². The Morgan fingerprint density at radius 1 is 1.09 bits per heavy atom. The molecule has 0 radical (unpaired) electrons. The van der Waals surface area contributed by atoms with E-state index in [9.17, 15) is 9.59 Å². The summed E-state index contributed by atoms with van der Waals surface area (Å²) < 4.78 is 6.23. The maximum atomic E-state index is 13.7. The number of carbonyl (C=O) groups excluding carboxylic acids is 2. The molecule has 4 aromatic rings. The summed E-state index contributed by atoms with van der Waals surface area (Å²) in [6.07, 6.45) is 5.51. The van der Waals surface area contributed by atoms with Crippen molar-refractivity contribution in [3.63, 3.8) is 0 Å². The summed E-state index contributed by atoms with van der Waals surface area (Å²) in [7, 11) is 1.62.